The lowest BCUT2D eigenvalue weighted by atomic mass is 10.1. The highest BCUT2D eigenvalue weighted by Gasteiger charge is 2.29. The summed E-state index contributed by atoms with van der Waals surface area (Å²) >= 11 is 6.23. The van der Waals surface area contributed by atoms with Gasteiger partial charge in [0, 0.05) is 35.4 Å². The van der Waals surface area contributed by atoms with Crippen LogP contribution >= 0.6 is 11.6 Å². The first-order chi connectivity index (χ1) is 8.08. The Morgan fingerprint density at radius 1 is 1.41 bits per heavy atom. The summed E-state index contributed by atoms with van der Waals surface area (Å²) in [4.78, 5) is 2.52. The topological polar surface area (TPSA) is 29.3 Å². The van der Waals surface area contributed by atoms with Crippen molar-refractivity contribution in [3.05, 3.63) is 28.8 Å². The molecule has 2 nitrogen and oxygen atoms in total. The van der Waals surface area contributed by atoms with E-state index in [1.54, 1.807) is 0 Å². The number of hydrogen-bond donors (Lipinski definition) is 1. The van der Waals surface area contributed by atoms with Crippen LogP contribution in [0.25, 0.3) is 0 Å². The van der Waals surface area contributed by atoms with Crippen molar-refractivity contribution in [1.29, 1.82) is 0 Å². The molecule has 0 radical (unpaired) electrons. The first kappa shape index (κ1) is 12.7. The van der Waals surface area contributed by atoms with Gasteiger partial charge in [-0.05, 0) is 30.9 Å². The van der Waals surface area contributed by atoms with Crippen molar-refractivity contribution in [3.63, 3.8) is 0 Å². The molecule has 2 rings (SSSR count). The van der Waals surface area contributed by atoms with Crippen molar-refractivity contribution in [2.75, 3.05) is 12.3 Å². The Labute approximate surface area is 109 Å². The number of nitrogen functional groups attached to an aromatic ring is 1. The van der Waals surface area contributed by atoms with Crippen LogP contribution in [-0.4, -0.2) is 17.5 Å². The molecule has 0 bridgehead atoms. The first-order valence-corrected chi connectivity index (χ1v) is 6.72. The summed E-state index contributed by atoms with van der Waals surface area (Å²) in [6.07, 6.45) is 2.63. The van der Waals surface area contributed by atoms with Gasteiger partial charge >= 0.3 is 0 Å². The molecule has 17 heavy (non-hydrogen) atoms. The van der Waals surface area contributed by atoms with Gasteiger partial charge < -0.3 is 5.73 Å². The molecule has 1 aromatic rings. The Morgan fingerprint density at radius 2 is 2.12 bits per heavy atom. The van der Waals surface area contributed by atoms with E-state index in [4.69, 9.17) is 17.3 Å². The summed E-state index contributed by atoms with van der Waals surface area (Å²) in [7, 11) is 0. The van der Waals surface area contributed by atoms with Crippen LogP contribution in [0.1, 0.15) is 32.3 Å². The molecule has 1 fully saturated rings. The fourth-order valence-corrected chi connectivity index (χ4v) is 2.44. The van der Waals surface area contributed by atoms with Gasteiger partial charge in [-0.1, -0.05) is 31.5 Å². The van der Waals surface area contributed by atoms with E-state index >= 15 is 0 Å². The van der Waals surface area contributed by atoms with Gasteiger partial charge in [0.15, 0.2) is 0 Å². The lowest BCUT2D eigenvalue weighted by Gasteiger charge is -2.25. The van der Waals surface area contributed by atoms with Crippen LogP contribution < -0.4 is 5.73 Å². The second-order valence-electron chi connectivity index (χ2n) is 5.36. The maximum atomic E-state index is 6.23. The van der Waals surface area contributed by atoms with Crippen molar-refractivity contribution in [2.45, 2.75) is 39.3 Å². The quantitative estimate of drug-likeness (QED) is 0.813. The Balaban J connectivity index is 2.11. The number of nitrogens with two attached hydrogens (primary N) is 1. The average Bonchev–Trinajstić information content (AvgIpc) is 3.05. The zero-order chi connectivity index (χ0) is 12.4. The molecule has 0 heterocycles. The van der Waals surface area contributed by atoms with Gasteiger partial charge in [-0.25, -0.2) is 0 Å². The number of benzene rings is 1. The van der Waals surface area contributed by atoms with Crippen LogP contribution in [0.2, 0.25) is 5.02 Å². The van der Waals surface area contributed by atoms with Crippen LogP contribution in [0, 0.1) is 5.92 Å². The molecule has 0 spiro atoms. The largest absolute Gasteiger partial charge is 0.398 e. The highest BCUT2D eigenvalue weighted by molar-refractivity contribution is 6.31. The number of nitrogens with zero attached hydrogens (tertiary/aromatic N) is 1. The lowest BCUT2D eigenvalue weighted by molar-refractivity contribution is 0.226. The summed E-state index contributed by atoms with van der Waals surface area (Å²) < 4.78 is 0. The normalized spacial score (nSPS) is 15.8. The molecule has 1 aliphatic rings. The Kier molecular flexibility index (Phi) is 3.95. The van der Waals surface area contributed by atoms with Gasteiger partial charge in [0.25, 0.3) is 0 Å². The van der Waals surface area contributed by atoms with Crippen molar-refractivity contribution < 1.29 is 0 Å². The summed E-state index contributed by atoms with van der Waals surface area (Å²) in [5, 5.41) is 0.791. The van der Waals surface area contributed by atoms with Crippen molar-refractivity contribution in [2.24, 2.45) is 5.92 Å². The fraction of sp³-hybridized carbons (Fsp3) is 0.571. The molecule has 1 aromatic carbocycles. The molecule has 0 aromatic heterocycles. The molecule has 0 aliphatic heterocycles. The number of halogens is 1. The van der Waals surface area contributed by atoms with Crippen molar-refractivity contribution in [3.8, 4) is 0 Å². The Bertz CT molecular complexity index is 366. The third-order valence-corrected chi connectivity index (χ3v) is 3.53. The van der Waals surface area contributed by atoms with Gasteiger partial charge in [0.05, 0.1) is 0 Å². The molecular formula is C14H21ClN2. The molecule has 2 N–H and O–H groups in total. The number of rotatable bonds is 5. The summed E-state index contributed by atoms with van der Waals surface area (Å²) in [5.41, 5.74) is 7.91. The van der Waals surface area contributed by atoms with E-state index in [1.807, 2.05) is 18.2 Å². The molecule has 1 aliphatic carbocycles. The minimum atomic E-state index is 0.680. The minimum absolute atomic E-state index is 0.680. The van der Waals surface area contributed by atoms with Crippen LogP contribution in [0.5, 0.6) is 0 Å². The van der Waals surface area contributed by atoms with Crippen LogP contribution in [0.15, 0.2) is 18.2 Å². The van der Waals surface area contributed by atoms with Crippen molar-refractivity contribution in [1.82, 2.24) is 4.90 Å². The third-order valence-electron chi connectivity index (χ3n) is 3.18. The van der Waals surface area contributed by atoms with Gasteiger partial charge in [-0.15, -0.1) is 0 Å². The first-order valence-electron chi connectivity index (χ1n) is 6.35. The maximum absolute atomic E-state index is 6.23. The Hall–Kier alpha value is -0.730. The highest BCUT2D eigenvalue weighted by atomic mass is 35.5. The van der Waals surface area contributed by atoms with E-state index in [0.717, 1.165) is 35.4 Å². The van der Waals surface area contributed by atoms with Gasteiger partial charge in [0.1, 0.15) is 0 Å². The van der Waals surface area contributed by atoms with E-state index in [2.05, 4.69) is 18.7 Å². The summed E-state index contributed by atoms with van der Waals surface area (Å²) in [5.74, 6) is 0.680. The number of anilines is 1. The predicted octanol–water partition coefficient (Wildman–Crippen LogP) is 3.54. The van der Waals surface area contributed by atoms with Crippen molar-refractivity contribution >= 4 is 17.3 Å². The van der Waals surface area contributed by atoms with Gasteiger partial charge in [-0.2, -0.15) is 0 Å². The highest BCUT2D eigenvalue weighted by Crippen LogP contribution is 2.32. The zero-order valence-electron chi connectivity index (χ0n) is 10.6. The molecule has 0 saturated heterocycles. The molecule has 94 valence electrons. The van der Waals surface area contributed by atoms with E-state index in [1.165, 1.54) is 12.8 Å². The van der Waals surface area contributed by atoms with E-state index in [0.29, 0.717) is 5.92 Å². The average molecular weight is 253 g/mol. The number of hydrogen-bond acceptors (Lipinski definition) is 2. The van der Waals surface area contributed by atoms with Crippen LogP contribution in [0.4, 0.5) is 5.69 Å². The van der Waals surface area contributed by atoms with E-state index < -0.39 is 0 Å². The standard InChI is InChI=1S/C14H21ClN2/c1-10(2)8-17(11-6-7-11)9-12-13(15)4-3-5-14(12)16/h3-5,10-11H,6-9,16H2,1-2H3. The van der Waals surface area contributed by atoms with Gasteiger partial charge in [0.2, 0.25) is 0 Å². The molecule has 0 unspecified atom stereocenters. The fourth-order valence-electron chi connectivity index (χ4n) is 2.20. The van der Waals surface area contributed by atoms with Crippen LogP contribution in [0.3, 0.4) is 0 Å². The second-order valence-corrected chi connectivity index (χ2v) is 5.77. The van der Waals surface area contributed by atoms with Gasteiger partial charge in [-0.3, -0.25) is 4.90 Å². The molecule has 0 atom stereocenters. The van der Waals surface area contributed by atoms with Crippen LogP contribution in [-0.2, 0) is 6.54 Å². The molecular weight excluding hydrogens is 232 g/mol. The zero-order valence-corrected chi connectivity index (χ0v) is 11.4. The maximum Gasteiger partial charge on any atom is 0.0471 e. The monoisotopic (exact) mass is 252 g/mol. The van der Waals surface area contributed by atoms with E-state index in [9.17, 15) is 0 Å². The Morgan fingerprint density at radius 3 is 2.65 bits per heavy atom. The molecule has 1 saturated carbocycles. The predicted molar refractivity (Wildman–Crippen MR) is 74.1 cm³/mol. The molecule has 3 heteroatoms. The van der Waals surface area contributed by atoms with E-state index in [-0.39, 0.29) is 0 Å². The smallest absolute Gasteiger partial charge is 0.0471 e. The minimum Gasteiger partial charge on any atom is -0.398 e. The summed E-state index contributed by atoms with van der Waals surface area (Å²) in [6, 6.07) is 6.51. The third kappa shape index (κ3) is 3.36. The second kappa shape index (κ2) is 5.28. The molecule has 0 amide bonds. The SMILES string of the molecule is CC(C)CN(Cc1c(N)cccc1Cl)C1CC1. The summed E-state index contributed by atoms with van der Waals surface area (Å²) in [6.45, 7) is 6.51. The lowest BCUT2D eigenvalue weighted by Crippen LogP contribution is -2.30.